The number of aliphatic imine (C=N–C) groups is 1. The Morgan fingerprint density at radius 3 is 2.02 bits per heavy atom. The van der Waals surface area contributed by atoms with Crippen molar-refractivity contribution < 1.29 is 4.74 Å². The van der Waals surface area contributed by atoms with E-state index in [4.69, 9.17) is 14.7 Å². The van der Waals surface area contributed by atoms with Gasteiger partial charge in [0.2, 0.25) is 0 Å². The van der Waals surface area contributed by atoms with Crippen LogP contribution in [0, 0.1) is 6.92 Å². The summed E-state index contributed by atoms with van der Waals surface area (Å²) in [5, 5.41) is 0. The van der Waals surface area contributed by atoms with Gasteiger partial charge in [-0.15, -0.1) is 0 Å². The first-order valence-corrected chi connectivity index (χ1v) is 14.5. The Bertz CT molecular complexity index is 1590. The van der Waals surface area contributed by atoms with Crippen LogP contribution in [0.5, 0.6) is 0 Å². The molecule has 0 bridgehead atoms. The molecule has 2 aliphatic rings. The van der Waals surface area contributed by atoms with Crippen LogP contribution in [-0.4, -0.2) is 67.9 Å². The van der Waals surface area contributed by atoms with E-state index in [2.05, 4.69) is 125 Å². The van der Waals surface area contributed by atoms with E-state index in [1.165, 1.54) is 16.7 Å². The molecule has 5 aromatic rings. The Balaban J connectivity index is 1.35. The van der Waals surface area contributed by atoms with Gasteiger partial charge in [0.25, 0.3) is 0 Å². The van der Waals surface area contributed by atoms with Gasteiger partial charge in [-0.3, -0.25) is 9.47 Å². The van der Waals surface area contributed by atoms with Crippen molar-refractivity contribution >= 4 is 22.8 Å². The lowest BCUT2D eigenvalue weighted by Crippen LogP contribution is -2.56. The molecule has 2 aromatic heterocycles. The van der Waals surface area contributed by atoms with Gasteiger partial charge in [0.1, 0.15) is 18.4 Å². The minimum absolute atomic E-state index is 0.287. The zero-order valence-electron chi connectivity index (χ0n) is 23.8. The molecule has 0 spiro atoms. The van der Waals surface area contributed by atoms with Crippen LogP contribution in [-0.2, 0) is 10.3 Å². The fraction of sp³-hybridized carbons (Fsp3) is 0.265. The third-order valence-electron chi connectivity index (χ3n) is 8.42. The standard InChI is InChI=1S/C34H34N7O/c1-25-21-40(34(26-13-6-3-7-14-26,27-15-8-4-9-16-27)28-17-10-5-11-18-28)22-30(42-25)41-24-37-31-32(35-23-36-33(31)41)38-29-19-12-20-39(29)2/h3-11,13-18,23-25,30H,1,12,19-22H2,2H3/b38-29+/t25-,30+/m0/s1. The first-order valence-electron chi connectivity index (χ1n) is 14.5. The summed E-state index contributed by atoms with van der Waals surface area (Å²) in [4.78, 5) is 23.4. The summed E-state index contributed by atoms with van der Waals surface area (Å²) in [6.45, 7) is 6.65. The van der Waals surface area contributed by atoms with Crippen molar-refractivity contribution in [3.8, 4) is 0 Å². The predicted octanol–water partition coefficient (Wildman–Crippen LogP) is 5.61. The summed E-state index contributed by atoms with van der Waals surface area (Å²) in [5.41, 5.74) is 4.36. The van der Waals surface area contributed by atoms with Crippen molar-refractivity contribution in [3.05, 3.63) is 127 Å². The second-order valence-electron chi connectivity index (χ2n) is 11.0. The molecule has 211 valence electrons. The normalized spacial score (nSPS) is 20.9. The van der Waals surface area contributed by atoms with Gasteiger partial charge in [-0.2, -0.15) is 0 Å². The van der Waals surface area contributed by atoms with Gasteiger partial charge in [0.05, 0.1) is 18.0 Å². The fourth-order valence-electron chi connectivity index (χ4n) is 6.52. The SMILES string of the molecule is [CH2][C@H]1CN(C(c2ccccc2)(c2ccccc2)c2ccccc2)C[C@H](n2cnc3c(/N=C4\CCCN4C)ncnc32)O1. The average Bonchev–Trinajstić information content (AvgIpc) is 3.65. The number of fused-ring (bicyclic) bond motifs is 1. The number of hydrogen-bond acceptors (Lipinski definition) is 6. The van der Waals surface area contributed by atoms with E-state index in [9.17, 15) is 0 Å². The van der Waals surface area contributed by atoms with Gasteiger partial charge in [-0.05, 0) is 30.0 Å². The van der Waals surface area contributed by atoms with Gasteiger partial charge in [0, 0.05) is 33.1 Å². The second kappa shape index (κ2) is 11.1. The fourth-order valence-corrected chi connectivity index (χ4v) is 6.52. The van der Waals surface area contributed by atoms with Crippen molar-refractivity contribution in [2.45, 2.75) is 30.7 Å². The third kappa shape index (κ3) is 4.57. The van der Waals surface area contributed by atoms with Crippen molar-refractivity contribution in [2.24, 2.45) is 4.99 Å². The maximum absolute atomic E-state index is 6.53. The molecule has 0 N–H and O–H groups in total. The summed E-state index contributed by atoms with van der Waals surface area (Å²) in [6.07, 6.45) is 4.75. The number of rotatable bonds is 6. The van der Waals surface area contributed by atoms with E-state index in [0.29, 0.717) is 30.1 Å². The number of imidazole rings is 1. The lowest BCUT2D eigenvalue weighted by Gasteiger charge is -2.50. The Morgan fingerprint density at radius 2 is 1.45 bits per heavy atom. The molecule has 2 aliphatic heterocycles. The highest BCUT2D eigenvalue weighted by Crippen LogP contribution is 2.44. The van der Waals surface area contributed by atoms with Crippen LogP contribution in [0.15, 0.2) is 109 Å². The number of morpholine rings is 1. The molecule has 0 aliphatic carbocycles. The predicted molar refractivity (Wildman–Crippen MR) is 164 cm³/mol. The first-order chi connectivity index (χ1) is 20.6. The van der Waals surface area contributed by atoms with Crippen LogP contribution < -0.4 is 0 Å². The van der Waals surface area contributed by atoms with Crippen LogP contribution in [0.2, 0.25) is 0 Å². The van der Waals surface area contributed by atoms with Crippen LogP contribution in [0.3, 0.4) is 0 Å². The molecule has 1 radical (unpaired) electrons. The zero-order chi connectivity index (χ0) is 28.5. The van der Waals surface area contributed by atoms with Crippen LogP contribution in [0.4, 0.5) is 5.82 Å². The molecule has 8 nitrogen and oxygen atoms in total. The summed E-state index contributed by atoms with van der Waals surface area (Å²) < 4.78 is 8.54. The van der Waals surface area contributed by atoms with Crippen LogP contribution in [0.1, 0.15) is 35.8 Å². The molecule has 0 saturated carbocycles. The van der Waals surface area contributed by atoms with Gasteiger partial charge < -0.3 is 9.64 Å². The maximum Gasteiger partial charge on any atom is 0.185 e. The molecule has 8 heteroatoms. The highest BCUT2D eigenvalue weighted by molar-refractivity contribution is 5.90. The third-order valence-corrected chi connectivity index (χ3v) is 8.42. The van der Waals surface area contributed by atoms with Crippen LogP contribution >= 0.6 is 0 Å². The van der Waals surface area contributed by atoms with E-state index in [1.807, 2.05) is 4.57 Å². The van der Waals surface area contributed by atoms with Gasteiger partial charge in [-0.25, -0.2) is 19.9 Å². The Kier molecular flexibility index (Phi) is 7.01. The molecular weight excluding hydrogens is 522 g/mol. The number of nitrogens with zero attached hydrogens (tertiary/aromatic N) is 7. The smallest absolute Gasteiger partial charge is 0.185 e. The van der Waals surface area contributed by atoms with Crippen molar-refractivity contribution in [1.82, 2.24) is 29.3 Å². The van der Waals surface area contributed by atoms with E-state index in [-0.39, 0.29) is 12.3 Å². The Morgan fingerprint density at radius 1 is 0.833 bits per heavy atom. The molecule has 4 heterocycles. The molecule has 3 aromatic carbocycles. The highest BCUT2D eigenvalue weighted by Gasteiger charge is 2.45. The van der Waals surface area contributed by atoms with Gasteiger partial charge >= 0.3 is 0 Å². The number of aromatic nitrogens is 4. The van der Waals surface area contributed by atoms with Gasteiger partial charge in [-0.1, -0.05) is 91.0 Å². The van der Waals surface area contributed by atoms with Gasteiger partial charge in [0.15, 0.2) is 17.0 Å². The monoisotopic (exact) mass is 556 g/mol. The van der Waals surface area contributed by atoms with Crippen molar-refractivity contribution in [2.75, 3.05) is 26.7 Å². The van der Waals surface area contributed by atoms with E-state index in [0.717, 1.165) is 25.2 Å². The van der Waals surface area contributed by atoms with E-state index in [1.54, 1.807) is 12.7 Å². The Hall–Kier alpha value is -4.40. The molecule has 0 amide bonds. The molecular formula is C34H34N7O. The molecule has 42 heavy (non-hydrogen) atoms. The summed E-state index contributed by atoms with van der Waals surface area (Å²) in [7, 11) is 2.07. The van der Waals surface area contributed by atoms with Crippen molar-refractivity contribution in [3.63, 3.8) is 0 Å². The second-order valence-corrected chi connectivity index (χ2v) is 11.0. The van der Waals surface area contributed by atoms with E-state index >= 15 is 0 Å². The summed E-state index contributed by atoms with van der Waals surface area (Å²) in [6, 6.07) is 32.2. The number of benzene rings is 3. The molecule has 2 atom stereocenters. The van der Waals surface area contributed by atoms with Crippen molar-refractivity contribution in [1.29, 1.82) is 0 Å². The largest absolute Gasteiger partial charge is 0.363 e. The highest BCUT2D eigenvalue weighted by atomic mass is 16.5. The number of amidine groups is 1. The maximum atomic E-state index is 6.53. The number of likely N-dealkylation sites (tertiary alicyclic amines) is 1. The molecule has 2 fully saturated rings. The minimum atomic E-state index is -0.572. The molecule has 7 rings (SSSR count). The lowest BCUT2D eigenvalue weighted by molar-refractivity contribution is -0.119. The van der Waals surface area contributed by atoms with Crippen LogP contribution in [0.25, 0.3) is 11.2 Å². The molecule has 2 saturated heterocycles. The first kappa shape index (κ1) is 26.5. The lowest BCUT2D eigenvalue weighted by atomic mass is 9.75. The number of ether oxygens (including phenoxy) is 1. The minimum Gasteiger partial charge on any atom is -0.363 e. The van der Waals surface area contributed by atoms with E-state index < -0.39 is 5.54 Å². The Labute approximate surface area is 246 Å². The summed E-state index contributed by atoms with van der Waals surface area (Å²) in [5.74, 6) is 1.62. The zero-order valence-corrected chi connectivity index (χ0v) is 23.8. The molecule has 0 unspecified atom stereocenters. The number of hydrogen-bond donors (Lipinski definition) is 0. The quantitative estimate of drug-likeness (QED) is 0.253. The average molecular weight is 557 g/mol. The summed E-state index contributed by atoms with van der Waals surface area (Å²) >= 11 is 0. The topological polar surface area (TPSA) is 71.7 Å².